The molecule has 0 saturated heterocycles. The van der Waals surface area contributed by atoms with Crippen molar-refractivity contribution in [1.82, 2.24) is 0 Å². The number of carboxylic acid groups (broad SMARTS) is 2. The summed E-state index contributed by atoms with van der Waals surface area (Å²) in [4.78, 5) is 20.7. The first kappa shape index (κ1) is 17.7. The van der Waals surface area contributed by atoms with Gasteiger partial charge >= 0.3 is 11.9 Å². The van der Waals surface area contributed by atoms with Crippen LogP contribution >= 0.6 is 0 Å². The fourth-order valence-corrected chi connectivity index (χ4v) is 2.09. The molecule has 0 amide bonds. The van der Waals surface area contributed by atoms with E-state index >= 15 is 0 Å². The van der Waals surface area contributed by atoms with Gasteiger partial charge < -0.3 is 15.3 Å². The van der Waals surface area contributed by atoms with Crippen molar-refractivity contribution in [2.24, 2.45) is 0 Å². The molecule has 3 N–H and O–H groups in total. The van der Waals surface area contributed by atoms with E-state index < -0.39 is 11.9 Å². The number of para-hydroxylation sites is 1. The minimum absolute atomic E-state index is 0.0833. The number of carboxylic acids is 2. The van der Waals surface area contributed by atoms with Crippen molar-refractivity contribution in [3.8, 4) is 16.9 Å². The number of aromatic hydroxyl groups is 1. The Kier molecular flexibility index (Phi) is 5.90. The number of phenolic OH excluding ortho intramolecular Hbond substituents is 1. The van der Waals surface area contributed by atoms with Gasteiger partial charge in [-0.2, -0.15) is 0 Å². The smallest absolute Gasteiger partial charge is 0.335 e. The molecule has 0 aliphatic heterocycles. The summed E-state index contributed by atoms with van der Waals surface area (Å²) in [6.45, 7) is 0. The molecule has 0 aromatic heterocycles. The Hall–Kier alpha value is -3.60. The second-order valence-electron chi connectivity index (χ2n) is 5.07. The van der Waals surface area contributed by atoms with Crippen LogP contribution in [0.25, 0.3) is 11.1 Å². The molecule has 3 aromatic carbocycles. The van der Waals surface area contributed by atoms with Crippen LogP contribution in [0.2, 0.25) is 0 Å². The third-order valence-corrected chi connectivity index (χ3v) is 3.37. The number of benzene rings is 3. The van der Waals surface area contributed by atoms with Gasteiger partial charge in [0.1, 0.15) is 5.75 Å². The molecule has 0 heterocycles. The Bertz CT molecular complexity index is 822. The molecule has 0 radical (unpaired) electrons. The maximum atomic E-state index is 10.3. The molecule has 3 rings (SSSR count). The first-order valence-electron chi connectivity index (χ1n) is 7.39. The van der Waals surface area contributed by atoms with Gasteiger partial charge in [-0.3, -0.25) is 0 Å². The standard InChI is InChI=1S/C12H10O.C8H6O4/c13-12-9-5-4-8-11(12)10-6-2-1-3-7-10;9-7(10)5-1-2-6(4-3-5)8(11)12/h1-9,13H;1-4H,(H,9,10)(H,11,12). The highest BCUT2D eigenvalue weighted by Crippen LogP contribution is 2.27. The van der Waals surface area contributed by atoms with Crippen molar-refractivity contribution in [2.75, 3.05) is 0 Å². The average molecular weight is 336 g/mol. The molecule has 5 heteroatoms. The number of aromatic carboxylic acids is 2. The first-order valence-corrected chi connectivity index (χ1v) is 7.39. The normalized spacial score (nSPS) is 9.60. The molecular formula is C20H16O5. The lowest BCUT2D eigenvalue weighted by Crippen LogP contribution is -1.99. The highest BCUT2D eigenvalue weighted by Gasteiger charge is 2.05. The fraction of sp³-hybridized carbons (Fsp3) is 0. The van der Waals surface area contributed by atoms with Crippen LogP contribution in [0.15, 0.2) is 78.9 Å². The van der Waals surface area contributed by atoms with Gasteiger partial charge in [-0.05, 0) is 35.9 Å². The van der Waals surface area contributed by atoms with E-state index in [0.717, 1.165) is 11.1 Å². The molecule has 0 saturated carbocycles. The summed E-state index contributed by atoms with van der Waals surface area (Å²) < 4.78 is 0. The molecule has 0 unspecified atom stereocenters. The molecule has 0 spiro atoms. The van der Waals surface area contributed by atoms with Crippen molar-refractivity contribution < 1.29 is 24.9 Å². The second-order valence-corrected chi connectivity index (χ2v) is 5.07. The van der Waals surface area contributed by atoms with Gasteiger partial charge in [-0.25, -0.2) is 9.59 Å². The zero-order valence-electron chi connectivity index (χ0n) is 13.2. The van der Waals surface area contributed by atoms with Crippen LogP contribution in [0, 0.1) is 0 Å². The van der Waals surface area contributed by atoms with Crippen molar-refractivity contribution in [3.05, 3.63) is 90.0 Å². The number of rotatable bonds is 3. The predicted octanol–water partition coefficient (Wildman–Crippen LogP) is 4.14. The fourth-order valence-electron chi connectivity index (χ4n) is 2.09. The summed E-state index contributed by atoms with van der Waals surface area (Å²) >= 11 is 0. The lowest BCUT2D eigenvalue weighted by molar-refractivity contribution is 0.0681. The summed E-state index contributed by atoms with van der Waals surface area (Å²) in [5.41, 5.74) is 2.09. The SMILES string of the molecule is O=C(O)c1ccc(C(=O)O)cc1.Oc1ccccc1-c1ccccc1. The molecule has 3 aromatic rings. The van der Waals surface area contributed by atoms with E-state index in [-0.39, 0.29) is 11.1 Å². The number of phenols is 1. The van der Waals surface area contributed by atoms with E-state index in [4.69, 9.17) is 10.2 Å². The molecule has 0 aliphatic rings. The Morgan fingerprint density at radius 3 is 1.48 bits per heavy atom. The summed E-state index contributed by atoms with van der Waals surface area (Å²) in [6, 6.07) is 22.2. The van der Waals surface area contributed by atoms with Crippen LogP contribution in [0.4, 0.5) is 0 Å². The van der Waals surface area contributed by atoms with Crippen molar-refractivity contribution in [1.29, 1.82) is 0 Å². The lowest BCUT2D eigenvalue weighted by atomic mass is 10.1. The second kappa shape index (κ2) is 8.31. The van der Waals surface area contributed by atoms with Gasteiger partial charge in [0.05, 0.1) is 11.1 Å². The molecule has 0 bridgehead atoms. The summed E-state index contributed by atoms with van der Waals surface area (Å²) in [6.07, 6.45) is 0. The zero-order valence-corrected chi connectivity index (χ0v) is 13.2. The van der Waals surface area contributed by atoms with E-state index in [9.17, 15) is 14.7 Å². The lowest BCUT2D eigenvalue weighted by Gasteiger charge is -2.02. The molecule has 0 atom stereocenters. The molecule has 0 fully saturated rings. The van der Waals surface area contributed by atoms with Gasteiger partial charge in [0.25, 0.3) is 0 Å². The van der Waals surface area contributed by atoms with E-state index in [2.05, 4.69) is 0 Å². The molecular weight excluding hydrogens is 320 g/mol. The monoisotopic (exact) mass is 336 g/mol. The Balaban J connectivity index is 0.000000181. The molecule has 0 aliphatic carbocycles. The van der Waals surface area contributed by atoms with Gasteiger partial charge in [0.15, 0.2) is 0 Å². The summed E-state index contributed by atoms with van der Waals surface area (Å²) in [5.74, 6) is -1.80. The van der Waals surface area contributed by atoms with Gasteiger partial charge in [-0.15, -0.1) is 0 Å². The van der Waals surface area contributed by atoms with Crippen LogP contribution < -0.4 is 0 Å². The largest absolute Gasteiger partial charge is 0.507 e. The number of hydrogen-bond acceptors (Lipinski definition) is 3. The van der Waals surface area contributed by atoms with Crippen LogP contribution in [-0.4, -0.2) is 27.3 Å². The minimum Gasteiger partial charge on any atom is -0.507 e. The minimum atomic E-state index is -1.06. The van der Waals surface area contributed by atoms with E-state index in [1.54, 1.807) is 6.07 Å². The van der Waals surface area contributed by atoms with E-state index in [1.165, 1.54) is 24.3 Å². The maximum Gasteiger partial charge on any atom is 0.335 e. The van der Waals surface area contributed by atoms with Gasteiger partial charge in [0.2, 0.25) is 0 Å². The topological polar surface area (TPSA) is 94.8 Å². The molecule has 5 nitrogen and oxygen atoms in total. The summed E-state index contributed by atoms with van der Waals surface area (Å²) in [7, 11) is 0. The van der Waals surface area contributed by atoms with Crippen LogP contribution in [0.5, 0.6) is 5.75 Å². The van der Waals surface area contributed by atoms with Crippen molar-refractivity contribution in [2.45, 2.75) is 0 Å². The Morgan fingerprint density at radius 1 is 0.600 bits per heavy atom. The highest BCUT2D eigenvalue weighted by atomic mass is 16.4. The van der Waals surface area contributed by atoms with Crippen LogP contribution in [0.1, 0.15) is 20.7 Å². The van der Waals surface area contributed by atoms with E-state index in [1.807, 2.05) is 48.5 Å². The maximum absolute atomic E-state index is 10.3. The first-order chi connectivity index (χ1) is 12.0. The third-order valence-electron chi connectivity index (χ3n) is 3.37. The van der Waals surface area contributed by atoms with Crippen molar-refractivity contribution in [3.63, 3.8) is 0 Å². The van der Waals surface area contributed by atoms with E-state index in [0.29, 0.717) is 5.75 Å². The van der Waals surface area contributed by atoms with Crippen LogP contribution in [-0.2, 0) is 0 Å². The average Bonchev–Trinajstić information content (AvgIpc) is 2.63. The quantitative estimate of drug-likeness (QED) is 0.668. The zero-order chi connectivity index (χ0) is 18.2. The van der Waals surface area contributed by atoms with Crippen LogP contribution in [0.3, 0.4) is 0 Å². The van der Waals surface area contributed by atoms with Gasteiger partial charge in [-0.1, -0.05) is 48.5 Å². The summed E-state index contributed by atoms with van der Waals surface area (Å²) in [5, 5.41) is 26.5. The molecule has 126 valence electrons. The number of carbonyl (C=O) groups is 2. The van der Waals surface area contributed by atoms with Gasteiger partial charge in [0, 0.05) is 5.56 Å². The van der Waals surface area contributed by atoms with Crippen molar-refractivity contribution >= 4 is 11.9 Å². The number of hydrogen-bond donors (Lipinski definition) is 3. The Morgan fingerprint density at radius 2 is 1.04 bits per heavy atom. The predicted molar refractivity (Wildman–Crippen MR) is 93.9 cm³/mol. The Labute approximate surface area is 144 Å². The third kappa shape index (κ3) is 4.94. The highest BCUT2D eigenvalue weighted by molar-refractivity contribution is 5.91. The molecule has 25 heavy (non-hydrogen) atoms.